The van der Waals surface area contributed by atoms with Crippen molar-refractivity contribution in [3.8, 4) is 0 Å². The number of H-pyrrole nitrogens is 3. The van der Waals surface area contributed by atoms with E-state index in [4.69, 9.17) is 70.8 Å². The molecule has 0 atom stereocenters. The number of fused-ring (bicyclic) bond motifs is 1. The van der Waals surface area contributed by atoms with Crippen LogP contribution in [0.3, 0.4) is 0 Å². The summed E-state index contributed by atoms with van der Waals surface area (Å²) in [5.41, 5.74) is 32.2. The number of rotatable bonds is 8. The summed E-state index contributed by atoms with van der Waals surface area (Å²) >= 11 is 5.60. The van der Waals surface area contributed by atoms with Crippen LogP contribution in [0.4, 0.5) is 49.8 Å². The summed E-state index contributed by atoms with van der Waals surface area (Å²) in [6.45, 7) is 0. The van der Waals surface area contributed by atoms with E-state index in [0.717, 1.165) is 37.2 Å². The number of para-hydroxylation sites is 4. The van der Waals surface area contributed by atoms with E-state index < -0.39 is 34.7 Å². The number of primary amides is 4. The molecule has 0 aliphatic rings. The van der Waals surface area contributed by atoms with Gasteiger partial charge in [0.25, 0.3) is 23.6 Å². The van der Waals surface area contributed by atoms with Crippen molar-refractivity contribution in [3.63, 3.8) is 0 Å². The van der Waals surface area contributed by atoms with Crippen LogP contribution in [-0.2, 0) is 16.6 Å². The van der Waals surface area contributed by atoms with Crippen LogP contribution in [0.1, 0.15) is 42.0 Å². The maximum atomic E-state index is 11.9. The van der Waals surface area contributed by atoms with Crippen LogP contribution < -0.4 is 84.8 Å². The standard InChI is InChI=1S/C14H14N2O.C13H10ClNO.C6H6N6O2.2C4H3N5O.C4H6N4O.2C2H3NO.CH5N.2ClH.HNO2.Na/c1-15-14(17)16(12-8-4-2-5-9-12)13-10-6-3-7-11-13;14-13(16)15(11-7-3-1-4-8-11)12-9-5-2-6-10-12;1-11-6(14)12-2-8-3(4(7)13)5(12)9-10-11;2*5-3(10)2-4(9-6)8-1-7-2;5-3-2(4(6)9)7-1-8-3;2*1-3-2-4;1-2;;;2-1-3;/h2-11H,1H3,(H,15,17);1-10H;2H,1H3,(H2,7,13);2*1H,(H2-,5,7,8,10);1H,5H2,(H2,6,9)(H,7,8);2*1H3;2H2,1H3;2*1H;(H,2,3);/q;;;;;;;;;;;;+1/p+1. The Morgan fingerprint density at radius 2 is 0.957 bits per heavy atom. The third-order valence-electron chi connectivity index (χ3n) is 9.40. The van der Waals surface area contributed by atoms with Crippen LogP contribution in [0.5, 0.6) is 0 Å². The van der Waals surface area contributed by atoms with Gasteiger partial charge in [-0.1, -0.05) is 78.0 Å². The van der Waals surface area contributed by atoms with Gasteiger partial charge in [0.2, 0.25) is 36.2 Å². The number of urea groups is 1. The Morgan fingerprint density at radius 1 is 0.630 bits per heavy atom. The van der Waals surface area contributed by atoms with Gasteiger partial charge in [-0.15, -0.1) is 35.3 Å². The largest absolute Gasteiger partial charge is 1.00 e. The van der Waals surface area contributed by atoms with Crippen molar-refractivity contribution in [2.45, 2.75) is 0 Å². The van der Waals surface area contributed by atoms with Gasteiger partial charge >= 0.3 is 58.3 Å². The van der Waals surface area contributed by atoms with Crippen molar-refractivity contribution in [1.29, 1.82) is 10.8 Å². The minimum Gasteiger partial charge on any atom is -0.444 e. The number of nitrogens with two attached hydrogens (primary N) is 6. The quantitative estimate of drug-likeness (QED) is 0.0152. The van der Waals surface area contributed by atoms with Crippen LogP contribution in [0.15, 0.2) is 167 Å². The molecule has 9 rings (SSSR count). The van der Waals surface area contributed by atoms with Crippen LogP contribution in [-0.4, -0.2) is 130 Å². The van der Waals surface area contributed by atoms with E-state index in [9.17, 15) is 33.6 Å². The SMILES string of the molecule is CN.CN=C=O.CN=C=O.CNC(=O)N(c1ccccc1)c1ccccc1.Cl.Cl.Cn1nnc2c(C(N)=O)ncn2c1=O.N#[N+]c1nc[nH]c1C(N)=O.N#[N+]c1nc[nH]c1C(N)=O.NC(=O)c1[nH]cnc1N.O=C(Cl)N(c1ccccc1)c1ccccc1.O=N[O-].[Na+]. The molecule has 0 bridgehead atoms. The van der Waals surface area contributed by atoms with Gasteiger partial charge in [0.15, 0.2) is 17.2 Å². The summed E-state index contributed by atoms with van der Waals surface area (Å²) in [7, 11) is 7.33. The summed E-state index contributed by atoms with van der Waals surface area (Å²) < 4.78 is 2.13. The number of nitrogens with one attached hydrogen (secondary N) is 4. The molecule has 0 fully saturated rings. The van der Waals surface area contributed by atoms with Crippen molar-refractivity contribution >= 4 is 129 Å². The number of isocyanates is 2. The number of carbonyl (C=O) groups is 6. The molecule has 5 heterocycles. The molecule has 0 unspecified atom stereocenters. The molecule has 0 radical (unpaired) electrons. The van der Waals surface area contributed by atoms with Gasteiger partial charge < -0.3 is 64.8 Å². The van der Waals surface area contributed by atoms with Gasteiger partial charge in [-0.25, -0.2) is 43.5 Å². The number of aryl methyl sites for hydroxylation is 1. The van der Waals surface area contributed by atoms with E-state index in [0.29, 0.717) is 0 Å². The van der Waals surface area contributed by atoms with Crippen molar-refractivity contribution in [2.24, 2.45) is 51.0 Å². The number of hydrogen-bond donors (Lipinski definition) is 10. The molecular formula is C50H57Cl3N27NaO11+2. The monoisotopic (exact) mass is 1340 g/mol. The number of carbonyl (C=O) groups excluding carboxylic acids is 8. The minimum absolute atomic E-state index is 0. The Bertz CT molecular complexity index is 3750. The van der Waals surface area contributed by atoms with E-state index in [1.165, 1.54) is 70.6 Å². The number of aromatic nitrogens is 11. The molecular weight excluding hydrogens is 1280 g/mol. The fourth-order valence-electron chi connectivity index (χ4n) is 5.80. The van der Waals surface area contributed by atoms with E-state index in [1.807, 2.05) is 121 Å². The number of halogens is 3. The minimum atomic E-state index is -0.741. The number of anilines is 5. The van der Waals surface area contributed by atoms with Gasteiger partial charge in [0.05, 0.1) is 39.9 Å². The normalized spacial score (nSPS) is 8.49. The Kier molecular flexibility index (Phi) is 47.1. The molecule has 478 valence electrons. The Labute approximate surface area is 559 Å². The topological polar surface area (TPSA) is 596 Å². The van der Waals surface area contributed by atoms with Gasteiger partial charge in [-0.2, -0.15) is 4.68 Å². The molecule has 42 heteroatoms. The number of imidazole rings is 4. The first kappa shape index (κ1) is 86.5. The van der Waals surface area contributed by atoms with Crippen LogP contribution >= 0.6 is 36.4 Å². The fourth-order valence-corrected chi connectivity index (χ4v) is 6.00. The summed E-state index contributed by atoms with van der Waals surface area (Å²) in [5.74, 6) is -2.78. The number of nitrogen functional groups attached to an aromatic ring is 1. The Morgan fingerprint density at radius 3 is 1.21 bits per heavy atom. The first-order valence-corrected chi connectivity index (χ1v) is 24.3. The van der Waals surface area contributed by atoms with Crippen LogP contribution in [0, 0.1) is 20.9 Å². The van der Waals surface area contributed by atoms with Crippen molar-refractivity contribution < 1.29 is 67.9 Å². The number of benzene rings is 4. The molecule has 0 spiro atoms. The smallest absolute Gasteiger partial charge is 0.444 e. The first-order chi connectivity index (χ1) is 42.7. The predicted octanol–water partition coefficient (Wildman–Crippen LogP) is 1.92. The van der Waals surface area contributed by atoms with Crippen LogP contribution in [0.2, 0.25) is 0 Å². The zero-order valence-corrected chi connectivity index (χ0v) is 53.5. The van der Waals surface area contributed by atoms with Gasteiger partial charge in [-0.05, 0) is 77.1 Å². The molecule has 0 aliphatic carbocycles. The molecule has 16 N–H and O–H groups in total. The molecule has 5 aromatic heterocycles. The third kappa shape index (κ3) is 30.1. The fraction of sp³-hybridized carbons (Fsp3) is 0.100. The van der Waals surface area contributed by atoms with Crippen LogP contribution in [0.25, 0.3) is 15.6 Å². The maximum absolute atomic E-state index is 11.9. The molecule has 0 aliphatic heterocycles. The first-order valence-electron chi connectivity index (χ1n) is 23.9. The van der Waals surface area contributed by atoms with E-state index in [2.05, 4.69) is 76.2 Å². The number of aromatic amines is 3. The summed E-state index contributed by atoms with van der Waals surface area (Å²) in [6, 6.07) is 37.6. The summed E-state index contributed by atoms with van der Waals surface area (Å²) in [6.07, 6.45) is 7.55. The molecule has 38 nitrogen and oxygen atoms in total. The van der Waals surface area contributed by atoms with Crippen molar-refractivity contribution in [1.82, 2.24) is 59.6 Å². The molecule has 0 saturated heterocycles. The zero-order valence-electron chi connectivity index (χ0n) is 49.1. The maximum Gasteiger partial charge on any atom is 1.00 e. The molecule has 7 amide bonds. The average molecular weight is 1340 g/mol. The second-order valence-electron chi connectivity index (χ2n) is 14.8. The molecule has 4 aromatic carbocycles. The van der Waals surface area contributed by atoms with Gasteiger partial charge in [-0.3, -0.25) is 33.8 Å². The Balaban J connectivity index is -0.000000488. The summed E-state index contributed by atoms with van der Waals surface area (Å²) in [5, 5.41) is 34.7. The van der Waals surface area contributed by atoms with Crippen molar-refractivity contribution in [3.05, 3.63) is 200 Å². The van der Waals surface area contributed by atoms with Crippen molar-refractivity contribution in [2.75, 3.05) is 43.7 Å². The second kappa shape index (κ2) is 50.1. The molecule has 9 aromatic rings. The predicted molar refractivity (Wildman–Crippen MR) is 337 cm³/mol. The average Bonchev–Trinajstić information content (AvgIpc) is 1.78. The van der Waals surface area contributed by atoms with E-state index >= 15 is 0 Å². The number of hydrogen-bond acceptors (Lipinski definition) is 24. The van der Waals surface area contributed by atoms with E-state index in [1.54, 1.807) is 11.9 Å². The number of diazo groups is 2. The number of amides is 7. The molecule has 0 saturated carbocycles. The number of aliphatic imine (C=N–C) groups is 2. The Hall–Kier alpha value is -12.0. The zero-order chi connectivity index (χ0) is 67.3. The van der Waals surface area contributed by atoms with Gasteiger partial charge in [0.1, 0.15) is 12.0 Å². The van der Waals surface area contributed by atoms with E-state index in [-0.39, 0.29) is 106 Å². The molecule has 92 heavy (non-hydrogen) atoms. The number of nitrogens with zero attached hydrogens (tertiary/aromatic N) is 17. The third-order valence-corrected chi connectivity index (χ3v) is 9.57. The second-order valence-corrected chi connectivity index (χ2v) is 15.2. The summed E-state index contributed by atoms with van der Waals surface area (Å²) in [4.78, 5) is 138. The van der Waals surface area contributed by atoms with Gasteiger partial charge in [0, 0.05) is 38.1 Å².